The first-order chi connectivity index (χ1) is 6.61. The quantitative estimate of drug-likeness (QED) is 0.688. The lowest BCUT2D eigenvalue weighted by atomic mass is 10.1. The van der Waals surface area contributed by atoms with E-state index in [0.717, 1.165) is 5.69 Å². The van der Waals surface area contributed by atoms with Crippen LogP contribution < -0.4 is 5.73 Å². The van der Waals surface area contributed by atoms with Crippen LogP contribution in [0.15, 0.2) is 6.07 Å². The van der Waals surface area contributed by atoms with Crippen molar-refractivity contribution >= 4 is 5.82 Å². The molecule has 0 spiro atoms. The van der Waals surface area contributed by atoms with Crippen LogP contribution in [0.5, 0.6) is 0 Å². The van der Waals surface area contributed by atoms with E-state index in [2.05, 4.69) is 11.9 Å². The maximum absolute atomic E-state index is 5.52. The number of nitrogens with two attached hydrogens (primary N) is 1. The van der Waals surface area contributed by atoms with Gasteiger partial charge in [0.05, 0.1) is 0 Å². The zero-order chi connectivity index (χ0) is 11.7. The molecule has 0 radical (unpaired) electrons. The third kappa shape index (κ3) is 4.85. The minimum Gasteiger partial charge on any atom is -0.384 e. The lowest BCUT2D eigenvalue weighted by Crippen LogP contribution is -1.96. The molecular formula is C12H24N2. The fourth-order valence-corrected chi connectivity index (χ4v) is 0.925. The molecule has 0 saturated heterocycles. The summed E-state index contributed by atoms with van der Waals surface area (Å²) in [6, 6.07) is 1.89. The maximum atomic E-state index is 5.52. The molecule has 1 rings (SSSR count). The first-order valence-corrected chi connectivity index (χ1v) is 5.31. The number of nitrogens with zero attached hydrogens (tertiary/aromatic N) is 1. The van der Waals surface area contributed by atoms with E-state index in [0.29, 0.717) is 5.82 Å². The van der Waals surface area contributed by atoms with Crippen molar-refractivity contribution in [3.05, 3.63) is 22.9 Å². The van der Waals surface area contributed by atoms with Gasteiger partial charge in [-0.25, -0.2) is 4.98 Å². The van der Waals surface area contributed by atoms with Crippen LogP contribution in [0.3, 0.4) is 0 Å². The molecule has 0 amide bonds. The Kier molecular flexibility index (Phi) is 9.41. The van der Waals surface area contributed by atoms with Crippen molar-refractivity contribution in [2.24, 2.45) is 0 Å². The third-order valence-corrected chi connectivity index (χ3v) is 1.80. The van der Waals surface area contributed by atoms with Gasteiger partial charge in [0.25, 0.3) is 0 Å². The molecule has 1 aromatic heterocycles. The summed E-state index contributed by atoms with van der Waals surface area (Å²) in [6.45, 7) is 14.1. The molecule has 0 unspecified atom stereocenters. The van der Waals surface area contributed by atoms with Gasteiger partial charge >= 0.3 is 0 Å². The van der Waals surface area contributed by atoms with Crippen LogP contribution in [0.2, 0.25) is 0 Å². The van der Waals surface area contributed by atoms with Crippen molar-refractivity contribution in [2.45, 2.75) is 48.5 Å². The molecule has 1 aromatic rings. The van der Waals surface area contributed by atoms with Crippen LogP contribution >= 0.6 is 0 Å². The van der Waals surface area contributed by atoms with Gasteiger partial charge in [-0.15, -0.1) is 0 Å². The van der Waals surface area contributed by atoms with Crippen molar-refractivity contribution in [3.63, 3.8) is 0 Å². The van der Waals surface area contributed by atoms with Crippen LogP contribution in [-0.2, 0) is 0 Å². The Morgan fingerprint density at radius 2 is 1.43 bits per heavy atom. The van der Waals surface area contributed by atoms with E-state index >= 15 is 0 Å². The second kappa shape index (κ2) is 8.54. The number of aryl methyl sites for hydroxylation is 2. The van der Waals surface area contributed by atoms with Crippen LogP contribution in [0, 0.1) is 20.8 Å². The smallest absolute Gasteiger partial charge is 0.123 e. The standard InChI is InChI=1S/C8H12N2.2C2H6/c1-5-4-8(9)10-7(3)6(5)2;2*1-2/h4H,1-3H3,(H2,9,10);2*1-2H3. The summed E-state index contributed by atoms with van der Waals surface area (Å²) in [5, 5.41) is 0. The number of rotatable bonds is 0. The first kappa shape index (κ1) is 15.4. The highest BCUT2D eigenvalue weighted by molar-refractivity contribution is 5.39. The molecule has 0 aliphatic carbocycles. The monoisotopic (exact) mass is 196 g/mol. The number of aromatic nitrogens is 1. The summed E-state index contributed by atoms with van der Waals surface area (Å²) >= 11 is 0. The molecule has 0 saturated carbocycles. The van der Waals surface area contributed by atoms with E-state index in [1.165, 1.54) is 11.1 Å². The van der Waals surface area contributed by atoms with E-state index in [4.69, 9.17) is 5.73 Å². The van der Waals surface area contributed by atoms with Gasteiger partial charge in [0.15, 0.2) is 0 Å². The largest absolute Gasteiger partial charge is 0.384 e. The second-order valence-corrected chi connectivity index (χ2v) is 2.57. The fraction of sp³-hybridized carbons (Fsp3) is 0.583. The molecule has 0 aliphatic heterocycles. The molecule has 14 heavy (non-hydrogen) atoms. The summed E-state index contributed by atoms with van der Waals surface area (Å²) in [4.78, 5) is 4.11. The van der Waals surface area contributed by atoms with Gasteiger partial charge in [0.1, 0.15) is 5.82 Å². The maximum Gasteiger partial charge on any atom is 0.123 e. The van der Waals surface area contributed by atoms with Crippen molar-refractivity contribution in [3.8, 4) is 0 Å². The Balaban J connectivity index is 0. The Labute approximate surface area is 88.6 Å². The molecule has 0 fully saturated rings. The van der Waals surface area contributed by atoms with Crippen molar-refractivity contribution in [2.75, 3.05) is 5.73 Å². The van der Waals surface area contributed by atoms with Gasteiger partial charge in [-0.2, -0.15) is 0 Å². The predicted octanol–water partition coefficient (Wildman–Crippen LogP) is 3.64. The summed E-state index contributed by atoms with van der Waals surface area (Å²) < 4.78 is 0. The number of anilines is 1. The average Bonchev–Trinajstić information content (AvgIpc) is 2.20. The molecular weight excluding hydrogens is 172 g/mol. The first-order valence-electron chi connectivity index (χ1n) is 5.31. The lowest BCUT2D eigenvalue weighted by Gasteiger charge is -2.03. The molecule has 0 aromatic carbocycles. The fourth-order valence-electron chi connectivity index (χ4n) is 0.925. The van der Waals surface area contributed by atoms with Gasteiger partial charge < -0.3 is 5.73 Å². The minimum atomic E-state index is 0.612. The molecule has 2 N–H and O–H groups in total. The number of pyridine rings is 1. The second-order valence-electron chi connectivity index (χ2n) is 2.57. The van der Waals surface area contributed by atoms with Crippen LogP contribution in [0.4, 0.5) is 5.82 Å². The average molecular weight is 196 g/mol. The van der Waals surface area contributed by atoms with E-state index in [1.807, 2.05) is 47.6 Å². The van der Waals surface area contributed by atoms with E-state index in [-0.39, 0.29) is 0 Å². The number of hydrogen-bond donors (Lipinski definition) is 1. The van der Waals surface area contributed by atoms with Gasteiger partial charge in [0.2, 0.25) is 0 Å². The molecule has 1 heterocycles. The molecule has 82 valence electrons. The SMILES string of the molecule is CC.CC.Cc1cc(N)nc(C)c1C. The summed E-state index contributed by atoms with van der Waals surface area (Å²) in [7, 11) is 0. The minimum absolute atomic E-state index is 0.612. The number of nitrogen functional groups attached to an aromatic ring is 1. The molecule has 2 nitrogen and oxygen atoms in total. The zero-order valence-electron chi connectivity index (χ0n) is 10.6. The Bertz CT molecular complexity index is 231. The normalized spacial score (nSPS) is 7.93. The Hall–Kier alpha value is -1.05. The Morgan fingerprint density at radius 1 is 1.00 bits per heavy atom. The van der Waals surface area contributed by atoms with Gasteiger partial charge in [-0.3, -0.25) is 0 Å². The molecule has 0 aliphatic rings. The predicted molar refractivity (Wildman–Crippen MR) is 65.6 cm³/mol. The zero-order valence-corrected chi connectivity index (χ0v) is 10.6. The van der Waals surface area contributed by atoms with Gasteiger partial charge in [-0.05, 0) is 38.0 Å². The lowest BCUT2D eigenvalue weighted by molar-refractivity contribution is 1.13. The van der Waals surface area contributed by atoms with Crippen LogP contribution in [0.25, 0.3) is 0 Å². The summed E-state index contributed by atoms with van der Waals surface area (Å²) in [5.74, 6) is 0.612. The van der Waals surface area contributed by atoms with Crippen molar-refractivity contribution < 1.29 is 0 Å². The molecule has 0 atom stereocenters. The molecule has 0 bridgehead atoms. The van der Waals surface area contributed by atoms with E-state index in [1.54, 1.807) is 0 Å². The van der Waals surface area contributed by atoms with Crippen LogP contribution in [0.1, 0.15) is 44.5 Å². The third-order valence-electron chi connectivity index (χ3n) is 1.80. The van der Waals surface area contributed by atoms with Gasteiger partial charge in [0, 0.05) is 5.69 Å². The highest BCUT2D eigenvalue weighted by Gasteiger charge is 1.98. The highest BCUT2D eigenvalue weighted by Crippen LogP contribution is 2.11. The number of hydrogen-bond acceptors (Lipinski definition) is 2. The van der Waals surface area contributed by atoms with E-state index in [9.17, 15) is 0 Å². The highest BCUT2D eigenvalue weighted by atomic mass is 14.8. The van der Waals surface area contributed by atoms with Crippen molar-refractivity contribution in [1.29, 1.82) is 0 Å². The molecule has 2 heteroatoms. The van der Waals surface area contributed by atoms with Crippen LogP contribution in [-0.4, -0.2) is 4.98 Å². The topological polar surface area (TPSA) is 38.9 Å². The summed E-state index contributed by atoms with van der Waals surface area (Å²) in [5.41, 5.74) is 8.99. The van der Waals surface area contributed by atoms with E-state index < -0.39 is 0 Å². The van der Waals surface area contributed by atoms with Gasteiger partial charge in [-0.1, -0.05) is 27.7 Å². The van der Waals surface area contributed by atoms with Crippen molar-refractivity contribution in [1.82, 2.24) is 4.98 Å². The Morgan fingerprint density at radius 3 is 1.79 bits per heavy atom. The summed E-state index contributed by atoms with van der Waals surface area (Å²) in [6.07, 6.45) is 0.